The topological polar surface area (TPSA) is 61.4 Å². The normalized spacial score (nSPS) is 18.3. The molecule has 0 bridgehead atoms. The Labute approximate surface area is 78.7 Å². The van der Waals surface area contributed by atoms with Gasteiger partial charge in [0.25, 0.3) is 0 Å². The molecule has 0 aromatic heterocycles. The van der Waals surface area contributed by atoms with Crippen molar-refractivity contribution in [1.82, 2.24) is 10.6 Å². The van der Waals surface area contributed by atoms with Crippen molar-refractivity contribution in [3.05, 3.63) is 0 Å². The zero-order valence-electron chi connectivity index (χ0n) is 8.10. The first-order valence-electron chi connectivity index (χ1n) is 4.75. The first kappa shape index (κ1) is 10.5. The van der Waals surface area contributed by atoms with Crippen molar-refractivity contribution < 1.29 is 9.90 Å². The predicted octanol–water partition coefficient (Wildman–Crippen LogP) is -0.515. The molecule has 1 saturated carbocycles. The van der Waals surface area contributed by atoms with E-state index in [2.05, 4.69) is 10.6 Å². The second kappa shape index (κ2) is 4.58. The van der Waals surface area contributed by atoms with E-state index in [4.69, 9.17) is 5.11 Å². The Morgan fingerprint density at radius 2 is 2.15 bits per heavy atom. The predicted molar refractivity (Wildman–Crippen MR) is 50.3 cm³/mol. The van der Waals surface area contributed by atoms with Gasteiger partial charge in [-0.15, -0.1) is 0 Å². The summed E-state index contributed by atoms with van der Waals surface area (Å²) in [5, 5.41) is 14.9. The summed E-state index contributed by atoms with van der Waals surface area (Å²) < 4.78 is 0. The van der Waals surface area contributed by atoms with Gasteiger partial charge in [-0.25, -0.2) is 0 Å². The molecule has 0 aliphatic heterocycles. The Hall–Kier alpha value is -0.610. The number of aliphatic hydroxyl groups excluding tert-OH is 1. The summed E-state index contributed by atoms with van der Waals surface area (Å²) in [5.74, 6) is 0.00472. The zero-order valence-corrected chi connectivity index (χ0v) is 8.10. The number of aliphatic hydroxyl groups is 1. The van der Waals surface area contributed by atoms with Crippen molar-refractivity contribution in [2.24, 2.45) is 5.41 Å². The second-order valence-corrected chi connectivity index (χ2v) is 3.82. The monoisotopic (exact) mass is 186 g/mol. The minimum atomic E-state index is 0.00472. The molecule has 76 valence electrons. The van der Waals surface area contributed by atoms with E-state index >= 15 is 0 Å². The quantitative estimate of drug-likeness (QED) is 0.489. The van der Waals surface area contributed by atoms with Gasteiger partial charge in [-0.2, -0.15) is 0 Å². The molecule has 0 aromatic rings. The van der Waals surface area contributed by atoms with Crippen molar-refractivity contribution in [3.63, 3.8) is 0 Å². The molecule has 0 atom stereocenters. The molecule has 1 aliphatic rings. The third-order valence-corrected chi connectivity index (χ3v) is 2.47. The summed E-state index contributed by atoms with van der Waals surface area (Å²) in [6.45, 7) is 4.09. The SMILES string of the molecule is CC(=O)NCCNCC1(CO)CC1. The van der Waals surface area contributed by atoms with E-state index in [1.54, 1.807) is 0 Å². The molecule has 4 nitrogen and oxygen atoms in total. The van der Waals surface area contributed by atoms with E-state index < -0.39 is 0 Å². The van der Waals surface area contributed by atoms with Gasteiger partial charge in [0.1, 0.15) is 0 Å². The molecule has 0 saturated heterocycles. The Kier molecular flexibility index (Phi) is 3.69. The van der Waals surface area contributed by atoms with Gasteiger partial charge in [0.2, 0.25) is 5.91 Å². The van der Waals surface area contributed by atoms with Crippen LogP contribution in [-0.4, -0.2) is 37.3 Å². The third kappa shape index (κ3) is 3.74. The minimum absolute atomic E-state index is 0.00472. The highest BCUT2D eigenvalue weighted by Gasteiger charge is 2.41. The Balaban J connectivity index is 1.92. The van der Waals surface area contributed by atoms with Crippen LogP contribution in [0.2, 0.25) is 0 Å². The molecule has 1 amide bonds. The van der Waals surface area contributed by atoms with Gasteiger partial charge in [-0.3, -0.25) is 4.79 Å². The lowest BCUT2D eigenvalue weighted by atomic mass is 10.1. The molecule has 1 rings (SSSR count). The van der Waals surface area contributed by atoms with E-state index in [0.29, 0.717) is 6.54 Å². The highest BCUT2D eigenvalue weighted by Crippen LogP contribution is 2.44. The number of nitrogens with one attached hydrogen (secondary N) is 2. The maximum atomic E-state index is 10.5. The maximum absolute atomic E-state index is 10.5. The van der Waals surface area contributed by atoms with Crippen LogP contribution in [0.1, 0.15) is 19.8 Å². The summed E-state index contributed by atoms with van der Waals surface area (Å²) in [6, 6.07) is 0. The van der Waals surface area contributed by atoms with Crippen LogP contribution >= 0.6 is 0 Å². The summed E-state index contributed by atoms with van der Waals surface area (Å²) in [6.07, 6.45) is 2.24. The molecule has 1 fully saturated rings. The van der Waals surface area contributed by atoms with Crippen molar-refractivity contribution in [2.45, 2.75) is 19.8 Å². The van der Waals surface area contributed by atoms with E-state index in [1.807, 2.05) is 0 Å². The molecule has 0 spiro atoms. The van der Waals surface area contributed by atoms with E-state index in [0.717, 1.165) is 25.9 Å². The maximum Gasteiger partial charge on any atom is 0.216 e. The van der Waals surface area contributed by atoms with Gasteiger partial charge in [0.05, 0.1) is 0 Å². The van der Waals surface area contributed by atoms with Gasteiger partial charge in [-0.1, -0.05) is 0 Å². The van der Waals surface area contributed by atoms with E-state index in [9.17, 15) is 4.79 Å². The lowest BCUT2D eigenvalue weighted by Crippen LogP contribution is -2.34. The fourth-order valence-electron chi connectivity index (χ4n) is 1.25. The molecule has 0 heterocycles. The molecule has 0 radical (unpaired) electrons. The van der Waals surface area contributed by atoms with Crippen molar-refractivity contribution >= 4 is 5.91 Å². The number of rotatable bonds is 6. The fourth-order valence-corrected chi connectivity index (χ4v) is 1.25. The molecular formula is C9H18N2O2. The fraction of sp³-hybridized carbons (Fsp3) is 0.889. The number of hydrogen-bond acceptors (Lipinski definition) is 3. The highest BCUT2D eigenvalue weighted by molar-refractivity contribution is 5.72. The molecule has 1 aliphatic carbocycles. The zero-order chi connectivity index (χ0) is 9.73. The van der Waals surface area contributed by atoms with E-state index in [1.165, 1.54) is 6.92 Å². The van der Waals surface area contributed by atoms with Gasteiger partial charge in [0.15, 0.2) is 0 Å². The smallest absolute Gasteiger partial charge is 0.216 e. The first-order valence-corrected chi connectivity index (χ1v) is 4.75. The summed E-state index contributed by atoms with van der Waals surface area (Å²) in [7, 11) is 0. The largest absolute Gasteiger partial charge is 0.396 e. The summed E-state index contributed by atoms with van der Waals surface area (Å²) in [5.41, 5.74) is 0.163. The van der Waals surface area contributed by atoms with Gasteiger partial charge >= 0.3 is 0 Å². The van der Waals surface area contributed by atoms with Crippen LogP contribution in [0, 0.1) is 5.41 Å². The Morgan fingerprint density at radius 3 is 2.62 bits per heavy atom. The molecule has 4 heteroatoms. The average Bonchev–Trinajstić information content (AvgIpc) is 2.84. The Morgan fingerprint density at radius 1 is 1.46 bits per heavy atom. The number of carbonyl (C=O) groups is 1. The van der Waals surface area contributed by atoms with Crippen LogP contribution in [-0.2, 0) is 4.79 Å². The van der Waals surface area contributed by atoms with Crippen molar-refractivity contribution in [2.75, 3.05) is 26.2 Å². The number of hydrogen-bond donors (Lipinski definition) is 3. The van der Waals surface area contributed by atoms with Crippen molar-refractivity contribution in [3.8, 4) is 0 Å². The number of carbonyl (C=O) groups excluding carboxylic acids is 1. The lowest BCUT2D eigenvalue weighted by molar-refractivity contribution is -0.118. The molecule has 13 heavy (non-hydrogen) atoms. The molecule has 3 N–H and O–H groups in total. The molecule has 0 aromatic carbocycles. The van der Waals surface area contributed by atoms with Crippen LogP contribution in [0.25, 0.3) is 0 Å². The first-order chi connectivity index (χ1) is 6.18. The van der Waals surface area contributed by atoms with Gasteiger partial charge in [-0.05, 0) is 12.8 Å². The van der Waals surface area contributed by atoms with Crippen LogP contribution in [0.15, 0.2) is 0 Å². The molecule has 0 unspecified atom stereocenters. The number of amides is 1. The van der Waals surface area contributed by atoms with Crippen molar-refractivity contribution in [1.29, 1.82) is 0 Å². The average molecular weight is 186 g/mol. The van der Waals surface area contributed by atoms with E-state index in [-0.39, 0.29) is 17.9 Å². The standard InChI is InChI=1S/C9H18N2O2/c1-8(13)11-5-4-10-6-9(7-12)2-3-9/h10,12H,2-7H2,1H3,(H,11,13). The minimum Gasteiger partial charge on any atom is -0.396 e. The van der Waals surface area contributed by atoms with Gasteiger partial charge < -0.3 is 15.7 Å². The summed E-state index contributed by atoms with van der Waals surface area (Å²) in [4.78, 5) is 10.5. The van der Waals surface area contributed by atoms with Crippen LogP contribution in [0.3, 0.4) is 0 Å². The summed E-state index contributed by atoms with van der Waals surface area (Å²) >= 11 is 0. The third-order valence-electron chi connectivity index (χ3n) is 2.47. The second-order valence-electron chi connectivity index (χ2n) is 3.82. The van der Waals surface area contributed by atoms with Crippen LogP contribution in [0.5, 0.6) is 0 Å². The van der Waals surface area contributed by atoms with Crippen LogP contribution in [0.4, 0.5) is 0 Å². The highest BCUT2D eigenvalue weighted by atomic mass is 16.3. The Bertz CT molecular complexity index is 178. The van der Waals surface area contributed by atoms with Crippen LogP contribution < -0.4 is 10.6 Å². The molecular weight excluding hydrogens is 168 g/mol. The van der Waals surface area contributed by atoms with Gasteiger partial charge in [0, 0.05) is 38.6 Å². The lowest BCUT2D eigenvalue weighted by Gasteiger charge is -2.12.